The van der Waals surface area contributed by atoms with Gasteiger partial charge >= 0.3 is 6.68 Å². The molecule has 9 nitrogen and oxygen atoms in total. The topological polar surface area (TPSA) is 110 Å². The maximum atomic E-state index is 14.0. The number of hydrogen-bond donors (Lipinski definition) is 3. The molecule has 204 valence electrons. The van der Waals surface area contributed by atoms with E-state index in [2.05, 4.69) is 54.8 Å². The minimum absolute atomic E-state index is 0.0751. The van der Waals surface area contributed by atoms with E-state index in [-0.39, 0.29) is 12.1 Å². The molecule has 1 atom stereocenters. The molecule has 2 saturated carbocycles. The van der Waals surface area contributed by atoms with E-state index >= 15 is 0 Å². The van der Waals surface area contributed by atoms with Crippen molar-refractivity contribution >= 4 is 51.4 Å². The first kappa shape index (κ1) is 29.5. The highest BCUT2D eigenvalue weighted by molar-refractivity contribution is 14.2. The molecule has 1 unspecified atom stereocenters. The normalized spacial score (nSPS) is 16.6. The Morgan fingerprint density at radius 3 is 2.46 bits per heavy atom. The zero-order valence-corrected chi connectivity index (χ0v) is 23.3. The van der Waals surface area contributed by atoms with Gasteiger partial charge in [-0.15, -0.1) is 0 Å². The van der Waals surface area contributed by atoms with Crippen LogP contribution in [0.2, 0.25) is 0 Å². The molecule has 2 aliphatic rings. The zero-order valence-electron chi connectivity index (χ0n) is 20.1. The maximum absolute atomic E-state index is 14.0. The zero-order chi connectivity index (χ0) is 27.1. The van der Waals surface area contributed by atoms with Crippen LogP contribution in [-0.2, 0) is 11.3 Å². The van der Waals surface area contributed by atoms with Crippen LogP contribution in [-0.4, -0.2) is 66.9 Å². The Hall–Kier alpha value is -2.06. The summed E-state index contributed by atoms with van der Waals surface area (Å²) >= 11 is 2.31. The van der Waals surface area contributed by atoms with Crippen LogP contribution >= 0.6 is 28.4 Å². The molecular formula is C22H29F4IN7O2P. The number of rotatable bonds is 10. The number of amides is 1. The van der Waals surface area contributed by atoms with Gasteiger partial charge in [-0.3, -0.25) is 14.5 Å². The van der Waals surface area contributed by atoms with E-state index in [0.29, 0.717) is 32.2 Å². The molecule has 15 heteroatoms. The van der Waals surface area contributed by atoms with Crippen LogP contribution in [0.4, 0.5) is 23.2 Å². The number of alkyl halides is 4. The number of aliphatic hydroxyl groups excluding tert-OH is 1. The van der Waals surface area contributed by atoms with E-state index < -0.39 is 12.3 Å². The molecule has 37 heavy (non-hydrogen) atoms. The molecular weight excluding hydrogens is 628 g/mol. The van der Waals surface area contributed by atoms with Gasteiger partial charge in [-0.1, -0.05) is 6.92 Å². The van der Waals surface area contributed by atoms with Crippen LogP contribution in [0.25, 0.3) is 22.3 Å². The highest BCUT2D eigenvalue weighted by atomic mass is 127. The number of pyridine rings is 1. The molecule has 0 bridgehead atoms. The van der Waals surface area contributed by atoms with Crippen molar-refractivity contribution in [2.24, 2.45) is 0 Å². The highest BCUT2D eigenvalue weighted by Crippen LogP contribution is 2.41. The fourth-order valence-electron chi connectivity index (χ4n) is 3.38. The van der Waals surface area contributed by atoms with Crippen LogP contribution in [0, 0.1) is 0 Å². The first-order chi connectivity index (χ1) is 17.7. The third-order valence-corrected chi connectivity index (χ3v) is 7.69. The van der Waals surface area contributed by atoms with Gasteiger partial charge in [0.2, 0.25) is 6.41 Å². The Labute approximate surface area is 226 Å². The van der Waals surface area contributed by atoms with Crippen molar-refractivity contribution in [2.45, 2.75) is 63.5 Å². The summed E-state index contributed by atoms with van der Waals surface area (Å²) in [7, 11) is 0. The Morgan fingerprint density at radius 1 is 1.24 bits per heavy atom. The van der Waals surface area contributed by atoms with Gasteiger partial charge in [0, 0.05) is 24.3 Å². The van der Waals surface area contributed by atoms with E-state index in [1.807, 2.05) is 22.9 Å². The number of anilines is 1. The monoisotopic (exact) mass is 657 g/mol. The summed E-state index contributed by atoms with van der Waals surface area (Å²) < 4.78 is 46.6. The van der Waals surface area contributed by atoms with E-state index in [1.54, 1.807) is 10.9 Å². The summed E-state index contributed by atoms with van der Waals surface area (Å²) in [6.45, 7) is -0.249. The predicted octanol–water partition coefficient (Wildman–Crippen LogP) is 4.85. The Bertz CT molecular complexity index is 1170. The second-order valence-electron chi connectivity index (χ2n) is 8.90. The van der Waals surface area contributed by atoms with Crippen molar-refractivity contribution in [3.8, 4) is 11.4 Å². The highest BCUT2D eigenvalue weighted by Gasteiger charge is 2.43. The van der Waals surface area contributed by atoms with Crippen LogP contribution in [0.5, 0.6) is 0 Å². The predicted molar refractivity (Wildman–Crippen MR) is 144 cm³/mol. The number of aromatic nitrogens is 5. The van der Waals surface area contributed by atoms with Gasteiger partial charge in [-0.2, -0.15) is 23.4 Å². The van der Waals surface area contributed by atoms with Crippen molar-refractivity contribution in [1.82, 2.24) is 29.6 Å². The van der Waals surface area contributed by atoms with E-state index in [9.17, 15) is 22.4 Å². The van der Waals surface area contributed by atoms with Crippen molar-refractivity contribution in [2.75, 3.05) is 18.5 Å². The molecule has 3 aromatic rings. The molecule has 3 N–H and O–H groups in total. The van der Waals surface area contributed by atoms with Gasteiger partial charge in [-0.25, -0.2) is 8.84 Å². The van der Waals surface area contributed by atoms with Gasteiger partial charge in [0.05, 0.1) is 48.2 Å². The van der Waals surface area contributed by atoms with Crippen LogP contribution in [0.15, 0.2) is 24.7 Å². The average molecular weight is 657 g/mol. The van der Waals surface area contributed by atoms with Crippen LogP contribution in [0.3, 0.4) is 0 Å². The van der Waals surface area contributed by atoms with Gasteiger partial charge in [0.25, 0.3) is 0 Å². The minimum Gasteiger partial charge on any atom is -0.394 e. The molecule has 3 heterocycles. The van der Waals surface area contributed by atoms with E-state index in [0.717, 1.165) is 53.8 Å². The number of halogens is 5. The molecule has 2 fully saturated rings. The summed E-state index contributed by atoms with van der Waals surface area (Å²) in [5.41, 5.74) is 2.14. The summed E-state index contributed by atoms with van der Waals surface area (Å²) in [4.78, 5) is 14.4. The van der Waals surface area contributed by atoms with Crippen molar-refractivity contribution in [3.05, 3.63) is 24.7 Å². The number of fused-ring (bicyclic) bond motifs is 1. The molecule has 0 aromatic carbocycles. The van der Waals surface area contributed by atoms with E-state index in [4.69, 9.17) is 5.11 Å². The Morgan fingerprint density at radius 2 is 1.95 bits per heavy atom. The summed E-state index contributed by atoms with van der Waals surface area (Å²) in [6, 6.07) is 1.93. The lowest BCUT2D eigenvalue weighted by molar-refractivity contribution is -0.110. The third-order valence-electron chi connectivity index (χ3n) is 5.80. The summed E-state index contributed by atoms with van der Waals surface area (Å²) in [6.07, 6.45) is 11.0. The fraction of sp³-hybridized carbons (Fsp3) is 0.545. The second-order valence-corrected chi connectivity index (χ2v) is 11.0. The number of hydrogen-bond acceptors (Lipinski definition) is 6. The van der Waals surface area contributed by atoms with Crippen molar-refractivity contribution < 1.29 is 27.5 Å². The largest absolute Gasteiger partial charge is 0.394 e. The van der Waals surface area contributed by atoms with Crippen LogP contribution in [0.1, 0.15) is 39.0 Å². The molecule has 0 aliphatic heterocycles. The third kappa shape index (κ3) is 8.74. The molecule has 3 aromatic heterocycles. The van der Waals surface area contributed by atoms with Crippen molar-refractivity contribution in [1.29, 1.82) is 0 Å². The van der Waals surface area contributed by atoms with Gasteiger partial charge in [0.15, 0.2) is 0 Å². The minimum atomic E-state index is -3.67. The average Bonchev–Trinajstić information content (AvgIpc) is 3.70. The number of nitrogens with zero attached hydrogens (tertiary/aromatic N) is 5. The Balaban J connectivity index is 0.000000263. The Kier molecular flexibility index (Phi) is 10.5. The number of nitrogens with one attached hydrogen (secondary N) is 2. The first-order valence-electron chi connectivity index (χ1n) is 11.6. The van der Waals surface area contributed by atoms with Crippen molar-refractivity contribution in [3.63, 3.8) is 0 Å². The van der Waals surface area contributed by atoms with Gasteiger partial charge in [-0.05, 0) is 60.2 Å². The fourth-order valence-corrected chi connectivity index (χ4v) is 4.44. The van der Waals surface area contributed by atoms with E-state index in [1.165, 1.54) is 0 Å². The first-order valence-corrected chi connectivity index (χ1v) is 15.7. The molecule has 1 amide bonds. The van der Waals surface area contributed by atoms with Gasteiger partial charge < -0.3 is 15.7 Å². The molecule has 0 spiro atoms. The quantitative estimate of drug-likeness (QED) is 0.125. The number of carbonyl (C=O) groups is 1. The summed E-state index contributed by atoms with van der Waals surface area (Å²) in [5, 5.41) is 24.6. The number of carbonyl (C=O) groups excluding carboxylic acids is 1. The SMILES string of the molecule is CCCNc1cn(PI)nc1-c1cc2nn(CC3(F)CC3)cc2cn1.FC(F)F.O=CNC1(CO)CC1. The second kappa shape index (κ2) is 13.1. The molecule has 5 rings (SSSR count). The lowest BCUT2D eigenvalue weighted by Crippen LogP contribution is -2.33. The standard InChI is InChI=1S/C16H19FIN6P.C5H9NO2.CHF3/c1-2-5-19-14-9-24(25-18)22-15(14)13-6-12-11(7-20-13)8-23(21-12)10-16(17)3-4-16;7-3-5(1-2-5)6-4-8;2-1(3)4/h6-9,19,25H,2-5,10H2,1H3;4,7H,1-3H2,(H,6,8);1H. The molecule has 2 aliphatic carbocycles. The van der Waals surface area contributed by atoms with Crippen LogP contribution < -0.4 is 10.6 Å². The van der Waals surface area contributed by atoms with Gasteiger partial charge in [0.1, 0.15) is 11.4 Å². The lowest BCUT2D eigenvalue weighted by atomic mass is 10.2. The number of aliphatic hydroxyl groups is 1. The lowest BCUT2D eigenvalue weighted by Gasteiger charge is -2.07. The maximum Gasteiger partial charge on any atom is 0.379 e. The summed E-state index contributed by atoms with van der Waals surface area (Å²) in [5.74, 6) is 0. The smallest absolute Gasteiger partial charge is 0.379 e. The molecule has 0 radical (unpaired) electrons. The molecule has 0 saturated heterocycles.